The molecule has 0 radical (unpaired) electrons. The Balaban J connectivity index is 1.91. The van der Waals surface area contributed by atoms with E-state index in [0.717, 1.165) is 12.8 Å². The second-order valence-electron chi connectivity index (χ2n) is 5.35. The number of hydrogen-bond acceptors (Lipinski definition) is 3. The molecule has 2 atom stereocenters. The SMILES string of the molecule is CC1(C(=O)NC2CCCCC2)COCC1N. The van der Waals surface area contributed by atoms with Crippen LogP contribution in [0, 0.1) is 5.41 Å². The summed E-state index contributed by atoms with van der Waals surface area (Å²) in [6.07, 6.45) is 5.97. The number of ether oxygens (including phenoxy) is 1. The van der Waals surface area contributed by atoms with Crippen LogP contribution in [0.5, 0.6) is 0 Å². The Hall–Kier alpha value is -0.610. The van der Waals surface area contributed by atoms with E-state index in [2.05, 4.69) is 5.32 Å². The van der Waals surface area contributed by atoms with Crippen molar-refractivity contribution in [1.29, 1.82) is 0 Å². The van der Waals surface area contributed by atoms with E-state index in [4.69, 9.17) is 10.5 Å². The van der Waals surface area contributed by atoms with Gasteiger partial charge in [0.2, 0.25) is 5.91 Å². The standard InChI is InChI=1S/C12H22N2O2/c1-12(8-16-7-10(12)13)11(15)14-9-5-3-2-4-6-9/h9-10H,2-8,13H2,1H3,(H,14,15). The molecule has 1 saturated heterocycles. The highest BCUT2D eigenvalue weighted by Crippen LogP contribution is 2.28. The van der Waals surface area contributed by atoms with Crippen LogP contribution in [0.15, 0.2) is 0 Å². The summed E-state index contributed by atoms with van der Waals surface area (Å²) in [6.45, 7) is 2.85. The lowest BCUT2D eigenvalue weighted by Gasteiger charge is -2.30. The number of nitrogens with one attached hydrogen (secondary N) is 1. The van der Waals surface area contributed by atoms with E-state index in [9.17, 15) is 4.79 Å². The Morgan fingerprint density at radius 3 is 2.62 bits per heavy atom. The highest BCUT2D eigenvalue weighted by atomic mass is 16.5. The lowest BCUT2D eigenvalue weighted by molar-refractivity contribution is -0.131. The van der Waals surface area contributed by atoms with Crippen molar-refractivity contribution in [3.8, 4) is 0 Å². The molecule has 92 valence electrons. The van der Waals surface area contributed by atoms with E-state index in [1.165, 1.54) is 19.3 Å². The van der Waals surface area contributed by atoms with Crippen LogP contribution in [0.4, 0.5) is 0 Å². The van der Waals surface area contributed by atoms with Crippen molar-refractivity contribution in [3.63, 3.8) is 0 Å². The highest BCUT2D eigenvalue weighted by Gasteiger charge is 2.44. The summed E-state index contributed by atoms with van der Waals surface area (Å²) in [5.74, 6) is 0.0735. The van der Waals surface area contributed by atoms with E-state index in [1.807, 2.05) is 6.92 Å². The van der Waals surface area contributed by atoms with Gasteiger partial charge >= 0.3 is 0 Å². The lowest BCUT2D eigenvalue weighted by atomic mass is 9.84. The quantitative estimate of drug-likeness (QED) is 0.732. The second kappa shape index (κ2) is 4.72. The van der Waals surface area contributed by atoms with Crippen molar-refractivity contribution < 1.29 is 9.53 Å². The minimum atomic E-state index is -0.530. The first-order valence-corrected chi connectivity index (χ1v) is 6.27. The molecule has 2 fully saturated rings. The molecule has 2 unspecified atom stereocenters. The molecule has 1 aliphatic carbocycles. The van der Waals surface area contributed by atoms with Gasteiger partial charge in [-0.1, -0.05) is 19.3 Å². The molecule has 4 nitrogen and oxygen atoms in total. The zero-order valence-electron chi connectivity index (χ0n) is 10.00. The molecule has 1 aliphatic heterocycles. The van der Waals surface area contributed by atoms with Crippen LogP contribution in [0.1, 0.15) is 39.0 Å². The van der Waals surface area contributed by atoms with Gasteiger partial charge in [0.05, 0.1) is 18.6 Å². The van der Waals surface area contributed by atoms with Crippen molar-refractivity contribution >= 4 is 5.91 Å². The molecule has 1 heterocycles. The smallest absolute Gasteiger partial charge is 0.230 e. The maximum atomic E-state index is 12.2. The first-order chi connectivity index (χ1) is 7.63. The van der Waals surface area contributed by atoms with Crippen molar-refractivity contribution in [1.82, 2.24) is 5.32 Å². The van der Waals surface area contributed by atoms with Gasteiger partial charge in [0.15, 0.2) is 0 Å². The third-order valence-corrected chi connectivity index (χ3v) is 3.98. The Morgan fingerprint density at radius 2 is 2.06 bits per heavy atom. The largest absolute Gasteiger partial charge is 0.379 e. The number of rotatable bonds is 2. The van der Waals surface area contributed by atoms with E-state index in [0.29, 0.717) is 19.3 Å². The monoisotopic (exact) mass is 226 g/mol. The summed E-state index contributed by atoms with van der Waals surface area (Å²) in [6, 6.07) is 0.182. The number of amides is 1. The van der Waals surface area contributed by atoms with Crippen LogP contribution in [0.3, 0.4) is 0 Å². The van der Waals surface area contributed by atoms with Gasteiger partial charge in [-0.25, -0.2) is 0 Å². The summed E-state index contributed by atoms with van der Waals surface area (Å²) in [7, 11) is 0. The molecular weight excluding hydrogens is 204 g/mol. The Labute approximate surface area is 96.9 Å². The average molecular weight is 226 g/mol. The summed E-state index contributed by atoms with van der Waals surface area (Å²) in [5, 5.41) is 3.13. The van der Waals surface area contributed by atoms with Gasteiger partial charge < -0.3 is 15.8 Å². The summed E-state index contributed by atoms with van der Waals surface area (Å²) >= 11 is 0. The molecule has 2 aliphatic rings. The minimum absolute atomic E-state index is 0.0735. The van der Waals surface area contributed by atoms with E-state index >= 15 is 0 Å². The second-order valence-corrected chi connectivity index (χ2v) is 5.35. The van der Waals surface area contributed by atoms with Gasteiger partial charge in [-0.05, 0) is 19.8 Å². The third-order valence-electron chi connectivity index (χ3n) is 3.98. The van der Waals surface area contributed by atoms with Crippen molar-refractivity contribution in [2.24, 2.45) is 11.1 Å². The van der Waals surface area contributed by atoms with E-state index < -0.39 is 5.41 Å². The molecule has 0 aromatic heterocycles. The fourth-order valence-corrected chi connectivity index (χ4v) is 2.52. The van der Waals surface area contributed by atoms with Gasteiger partial charge in [-0.15, -0.1) is 0 Å². The number of carbonyl (C=O) groups excluding carboxylic acids is 1. The molecular formula is C12H22N2O2. The highest BCUT2D eigenvalue weighted by molar-refractivity contribution is 5.83. The molecule has 0 bridgehead atoms. The van der Waals surface area contributed by atoms with Crippen LogP contribution in [-0.2, 0) is 9.53 Å². The van der Waals surface area contributed by atoms with Crippen molar-refractivity contribution in [3.05, 3.63) is 0 Å². The van der Waals surface area contributed by atoms with Crippen molar-refractivity contribution in [2.75, 3.05) is 13.2 Å². The first-order valence-electron chi connectivity index (χ1n) is 6.27. The molecule has 4 heteroatoms. The fraction of sp³-hybridized carbons (Fsp3) is 0.917. The zero-order chi connectivity index (χ0) is 11.6. The molecule has 1 amide bonds. The topological polar surface area (TPSA) is 64.3 Å². The van der Waals surface area contributed by atoms with Crippen LogP contribution in [0.25, 0.3) is 0 Å². The molecule has 16 heavy (non-hydrogen) atoms. The first kappa shape index (κ1) is 11.9. The molecule has 3 N–H and O–H groups in total. The maximum Gasteiger partial charge on any atom is 0.230 e. The zero-order valence-corrected chi connectivity index (χ0v) is 10.00. The summed E-state index contributed by atoms with van der Waals surface area (Å²) in [5.41, 5.74) is 5.40. The van der Waals surface area contributed by atoms with Gasteiger partial charge in [-0.3, -0.25) is 4.79 Å². The number of hydrogen-bond donors (Lipinski definition) is 2. The third kappa shape index (κ3) is 2.23. The Kier molecular flexibility index (Phi) is 3.50. The lowest BCUT2D eigenvalue weighted by Crippen LogP contribution is -2.52. The molecule has 0 spiro atoms. The average Bonchev–Trinajstić information content (AvgIpc) is 2.62. The molecule has 0 aromatic rings. The number of nitrogens with two attached hydrogens (primary N) is 1. The summed E-state index contributed by atoms with van der Waals surface area (Å²) in [4.78, 5) is 12.2. The van der Waals surface area contributed by atoms with Crippen LogP contribution >= 0.6 is 0 Å². The summed E-state index contributed by atoms with van der Waals surface area (Å²) < 4.78 is 5.30. The van der Waals surface area contributed by atoms with Crippen LogP contribution in [0.2, 0.25) is 0 Å². The predicted molar refractivity (Wildman–Crippen MR) is 61.9 cm³/mol. The van der Waals surface area contributed by atoms with Gasteiger partial charge in [-0.2, -0.15) is 0 Å². The van der Waals surface area contributed by atoms with Gasteiger partial charge in [0.1, 0.15) is 0 Å². The molecule has 1 saturated carbocycles. The minimum Gasteiger partial charge on any atom is -0.379 e. The van der Waals surface area contributed by atoms with Crippen LogP contribution < -0.4 is 11.1 Å². The van der Waals surface area contributed by atoms with E-state index in [1.54, 1.807) is 0 Å². The fourth-order valence-electron chi connectivity index (χ4n) is 2.52. The normalized spacial score (nSPS) is 36.2. The number of carbonyl (C=O) groups is 1. The van der Waals surface area contributed by atoms with Gasteiger partial charge in [0.25, 0.3) is 0 Å². The molecule has 0 aromatic carbocycles. The van der Waals surface area contributed by atoms with Gasteiger partial charge in [0, 0.05) is 12.1 Å². The Bertz CT molecular complexity index is 264. The maximum absolute atomic E-state index is 12.2. The molecule has 2 rings (SSSR count). The predicted octanol–water partition coefficient (Wildman–Crippen LogP) is 0.799. The van der Waals surface area contributed by atoms with E-state index in [-0.39, 0.29) is 11.9 Å². The van der Waals surface area contributed by atoms with Crippen LogP contribution in [-0.4, -0.2) is 31.2 Å². The Morgan fingerprint density at radius 1 is 1.38 bits per heavy atom. The van der Waals surface area contributed by atoms with Crippen molar-refractivity contribution in [2.45, 2.75) is 51.1 Å².